The monoisotopic (exact) mass is 262 g/mol. The molecule has 0 unspecified atom stereocenters. The number of nitrogens with one attached hydrogen (secondary N) is 1. The number of carbonyl (C=O) groups excluding carboxylic acids is 1. The van der Waals surface area contributed by atoms with E-state index in [1.165, 1.54) is 0 Å². The summed E-state index contributed by atoms with van der Waals surface area (Å²) in [5.41, 5.74) is 8.06. The molecule has 6 heteroatoms. The molecule has 6 nitrogen and oxygen atoms in total. The van der Waals surface area contributed by atoms with E-state index < -0.39 is 5.91 Å². The largest absolute Gasteiger partial charge is 0.370 e. The number of ether oxygens (including phenoxy) is 1. The van der Waals surface area contributed by atoms with Gasteiger partial charge in [0.2, 0.25) is 5.91 Å². The van der Waals surface area contributed by atoms with Crippen molar-refractivity contribution in [2.45, 2.75) is 13.5 Å². The number of aryl methyl sites for hydroxylation is 1. The Morgan fingerprint density at radius 3 is 3.16 bits per heavy atom. The second-order valence-electron chi connectivity index (χ2n) is 4.27. The molecule has 0 fully saturated rings. The highest BCUT2D eigenvalue weighted by atomic mass is 16.5. The molecule has 0 aliphatic heterocycles. The van der Waals surface area contributed by atoms with Gasteiger partial charge in [0.25, 0.3) is 0 Å². The van der Waals surface area contributed by atoms with E-state index in [2.05, 4.69) is 14.7 Å². The van der Waals surface area contributed by atoms with Crippen LogP contribution in [-0.2, 0) is 16.1 Å². The Hall–Kier alpha value is -1.92. The molecule has 0 aliphatic rings. The molecule has 2 rings (SSSR count). The van der Waals surface area contributed by atoms with Crippen LogP contribution in [0, 0.1) is 6.92 Å². The molecule has 0 aromatic carbocycles. The first-order chi connectivity index (χ1) is 9.18. The molecule has 0 radical (unpaired) electrons. The quantitative estimate of drug-likeness (QED) is 0.700. The SMILES string of the molecule is Cc1nc2ccccn2c1CNCCOCC(N)=O. The number of imidazole rings is 1. The Morgan fingerprint density at radius 2 is 2.37 bits per heavy atom. The van der Waals surface area contributed by atoms with E-state index in [4.69, 9.17) is 10.5 Å². The van der Waals surface area contributed by atoms with Crippen LogP contribution in [0.3, 0.4) is 0 Å². The highest BCUT2D eigenvalue weighted by molar-refractivity contribution is 5.74. The molecule has 2 heterocycles. The number of pyridine rings is 1. The molecule has 3 N–H and O–H groups in total. The van der Waals surface area contributed by atoms with Crippen LogP contribution < -0.4 is 11.1 Å². The van der Waals surface area contributed by atoms with Crippen molar-refractivity contribution in [3.63, 3.8) is 0 Å². The highest BCUT2D eigenvalue weighted by Gasteiger charge is 2.06. The number of aromatic nitrogens is 2. The van der Waals surface area contributed by atoms with Gasteiger partial charge in [-0.1, -0.05) is 6.07 Å². The third kappa shape index (κ3) is 3.52. The lowest BCUT2D eigenvalue weighted by Gasteiger charge is -2.06. The molecule has 1 amide bonds. The summed E-state index contributed by atoms with van der Waals surface area (Å²) in [6.45, 7) is 3.78. The van der Waals surface area contributed by atoms with E-state index in [0.29, 0.717) is 19.7 Å². The number of primary amides is 1. The van der Waals surface area contributed by atoms with Crippen molar-refractivity contribution in [2.75, 3.05) is 19.8 Å². The lowest BCUT2D eigenvalue weighted by atomic mass is 10.3. The first-order valence-electron chi connectivity index (χ1n) is 6.18. The number of hydrogen-bond acceptors (Lipinski definition) is 4. The predicted octanol–water partition coefficient (Wildman–Crippen LogP) is 0.234. The maximum Gasteiger partial charge on any atom is 0.243 e. The number of nitrogens with two attached hydrogens (primary N) is 1. The van der Waals surface area contributed by atoms with Gasteiger partial charge >= 0.3 is 0 Å². The van der Waals surface area contributed by atoms with E-state index in [1.54, 1.807) is 0 Å². The van der Waals surface area contributed by atoms with Crippen molar-refractivity contribution >= 4 is 11.6 Å². The second-order valence-corrected chi connectivity index (χ2v) is 4.27. The van der Waals surface area contributed by atoms with Gasteiger partial charge in [-0.25, -0.2) is 4.98 Å². The lowest BCUT2D eigenvalue weighted by molar-refractivity contribution is -0.122. The number of amides is 1. The number of carbonyl (C=O) groups is 1. The molecule has 0 spiro atoms. The maximum absolute atomic E-state index is 10.5. The third-order valence-electron chi connectivity index (χ3n) is 2.79. The summed E-state index contributed by atoms with van der Waals surface area (Å²) in [5.74, 6) is -0.447. The van der Waals surface area contributed by atoms with Crippen LogP contribution >= 0.6 is 0 Å². The van der Waals surface area contributed by atoms with Crippen molar-refractivity contribution in [3.8, 4) is 0 Å². The van der Waals surface area contributed by atoms with Crippen LogP contribution in [-0.4, -0.2) is 35.1 Å². The van der Waals surface area contributed by atoms with E-state index in [0.717, 1.165) is 17.0 Å². The molecule has 102 valence electrons. The fourth-order valence-corrected chi connectivity index (χ4v) is 1.90. The molecule has 19 heavy (non-hydrogen) atoms. The minimum atomic E-state index is -0.447. The van der Waals surface area contributed by atoms with E-state index in [1.807, 2.05) is 31.3 Å². The van der Waals surface area contributed by atoms with E-state index in [9.17, 15) is 4.79 Å². The number of hydrogen-bond donors (Lipinski definition) is 2. The zero-order chi connectivity index (χ0) is 13.7. The van der Waals surface area contributed by atoms with Crippen molar-refractivity contribution in [1.82, 2.24) is 14.7 Å². The first-order valence-corrected chi connectivity index (χ1v) is 6.18. The normalized spacial score (nSPS) is 11.0. The van der Waals surface area contributed by atoms with Crippen molar-refractivity contribution in [2.24, 2.45) is 5.73 Å². The molecular weight excluding hydrogens is 244 g/mol. The number of nitrogens with zero attached hydrogens (tertiary/aromatic N) is 2. The van der Waals surface area contributed by atoms with Crippen LogP contribution in [0.4, 0.5) is 0 Å². The minimum Gasteiger partial charge on any atom is -0.370 e. The summed E-state index contributed by atoms with van der Waals surface area (Å²) in [6.07, 6.45) is 2.00. The van der Waals surface area contributed by atoms with E-state index >= 15 is 0 Å². The fourth-order valence-electron chi connectivity index (χ4n) is 1.90. The smallest absolute Gasteiger partial charge is 0.243 e. The van der Waals surface area contributed by atoms with Gasteiger partial charge in [0.1, 0.15) is 12.3 Å². The molecule has 0 bridgehead atoms. The van der Waals surface area contributed by atoms with Gasteiger partial charge in [-0.15, -0.1) is 0 Å². The Kier molecular flexibility index (Phi) is 4.48. The minimum absolute atomic E-state index is 0.0314. The second kappa shape index (κ2) is 6.31. The number of fused-ring (bicyclic) bond motifs is 1. The Balaban J connectivity index is 1.84. The average Bonchev–Trinajstić information content (AvgIpc) is 2.69. The molecular formula is C13H18N4O2. The van der Waals surface area contributed by atoms with Crippen molar-refractivity contribution < 1.29 is 9.53 Å². The topological polar surface area (TPSA) is 81.7 Å². The van der Waals surface area contributed by atoms with Crippen LogP contribution in [0.15, 0.2) is 24.4 Å². The average molecular weight is 262 g/mol. The number of rotatable bonds is 7. The van der Waals surface area contributed by atoms with Gasteiger partial charge in [-0.2, -0.15) is 0 Å². The Morgan fingerprint density at radius 1 is 1.53 bits per heavy atom. The van der Waals surface area contributed by atoms with Crippen LogP contribution in [0.25, 0.3) is 5.65 Å². The summed E-state index contributed by atoms with van der Waals surface area (Å²) in [6, 6.07) is 5.93. The molecule has 0 saturated carbocycles. The third-order valence-corrected chi connectivity index (χ3v) is 2.79. The zero-order valence-electron chi connectivity index (χ0n) is 10.9. The first kappa shape index (κ1) is 13.5. The summed E-state index contributed by atoms with van der Waals surface area (Å²) < 4.78 is 7.13. The highest BCUT2D eigenvalue weighted by Crippen LogP contribution is 2.10. The van der Waals surface area contributed by atoms with Gasteiger partial charge in [0.05, 0.1) is 18.0 Å². The van der Waals surface area contributed by atoms with Crippen LogP contribution in [0.2, 0.25) is 0 Å². The van der Waals surface area contributed by atoms with Crippen LogP contribution in [0.1, 0.15) is 11.4 Å². The summed E-state index contributed by atoms with van der Waals surface area (Å²) in [7, 11) is 0. The summed E-state index contributed by atoms with van der Waals surface area (Å²) >= 11 is 0. The van der Waals surface area contributed by atoms with Gasteiger partial charge in [0.15, 0.2) is 0 Å². The molecule has 0 aliphatic carbocycles. The zero-order valence-corrected chi connectivity index (χ0v) is 10.9. The lowest BCUT2D eigenvalue weighted by Crippen LogP contribution is -2.24. The molecule has 0 atom stereocenters. The van der Waals surface area contributed by atoms with Gasteiger partial charge in [-0.05, 0) is 19.1 Å². The standard InChI is InChI=1S/C13H18N4O2/c1-10-11(8-15-5-7-19-9-12(14)18)17-6-3-2-4-13(17)16-10/h2-4,6,15H,5,7-9H2,1H3,(H2,14,18). The predicted molar refractivity (Wildman–Crippen MR) is 71.6 cm³/mol. The van der Waals surface area contributed by atoms with Gasteiger partial charge < -0.3 is 20.2 Å². The fraction of sp³-hybridized carbons (Fsp3) is 0.385. The van der Waals surface area contributed by atoms with Crippen LogP contribution in [0.5, 0.6) is 0 Å². The summed E-state index contributed by atoms with van der Waals surface area (Å²) in [4.78, 5) is 15.0. The van der Waals surface area contributed by atoms with Gasteiger partial charge in [-0.3, -0.25) is 4.79 Å². The Bertz CT molecular complexity index is 565. The Labute approximate surface area is 111 Å². The van der Waals surface area contributed by atoms with E-state index in [-0.39, 0.29) is 6.61 Å². The molecule has 2 aromatic rings. The summed E-state index contributed by atoms with van der Waals surface area (Å²) in [5, 5.41) is 3.26. The maximum atomic E-state index is 10.5. The van der Waals surface area contributed by atoms with Crippen molar-refractivity contribution in [3.05, 3.63) is 35.8 Å². The van der Waals surface area contributed by atoms with Gasteiger partial charge in [0, 0.05) is 19.3 Å². The van der Waals surface area contributed by atoms with Crippen molar-refractivity contribution in [1.29, 1.82) is 0 Å². The molecule has 2 aromatic heterocycles. The molecule has 0 saturated heterocycles.